The van der Waals surface area contributed by atoms with Gasteiger partial charge in [-0.2, -0.15) is 0 Å². The first-order valence-corrected chi connectivity index (χ1v) is 10.4. The van der Waals surface area contributed by atoms with Crippen LogP contribution in [0.2, 0.25) is 0 Å². The van der Waals surface area contributed by atoms with E-state index in [9.17, 15) is 8.42 Å². The van der Waals surface area contributed by atoms with Gasteiger partial charge in [0, 0.05) is 0 Å². The Hall–Kier alpha value is -2.59. The van der Waals surface area contributed by atoms with Crippen molar-refractivity contribution >= 4 is 15.7 Å². The molecule has 0 aliphatic rings. The third-order valence-corrected chi connectivity index (χ3v) is 6.30. The molecule has 140 valence electrons. The van der Waals surface area contributed by atoms with E-state index in [-0.39, 0.29) is 0 Å². The second kappa shape index (κ2) is 7.57. The van der Waals surface area contributed by atoms with Crippen molar-refractivity contribution in [2.45, 2.75) is 39.1 Å². The summed E-state index contributed by atoms with van der Waals surface area (Å²) in [6, 6.07) is 20.9. The van der Waals surface area contributed by atoms with E-state index in [1.54, 1.807) is 12.1 Å². The minimum atomic E-state index is -3.68. The van der Waals surface area contributed by atoms with Crippen LogP contribution in [0.3, 0.4) is 0 Å². The standard InChI is InChI=1S/C23H25NO2S/c1-17-8-10-23(11-9-17)27(25,26)24(16-21-7-5-6-18(2)13-21)22-14-19(3)12-20(4)15-22/h5-15H,16H2,1-4H3. The van der Waals surface area contributed by atoms with E-state index in [0.717, 1.165) is 27.8 Å². The smallest absolute Gasteiger partial charge is 0.262 e. The molecule has 0 aliphatic heterocycles. The van der Waals surface area contributed by atoms with Crippen LogP contribution in [0.15, 0.2) is 71.6 Å². The number of hydrogen-bond donors (Lipinski definition) is 0. The van der Waals surface area contributed by atoms with Crippen molar-refractivity contribution < 1.29 is 8.42 Å². The highest BCUT2D eigenvalue weighted by atomic mass is 32.2. The fourth-order valence-electron chi connectivity index (χ4n) is 3.22. The second-order valence-electron chi connectivity index (χ2n) is 7.16. The zero-order valence-electron chi connectivity index (χ0n) is 16.2. The van der Waals surface area contributed by atoms with E-state index in [1.807, 2.05) is 82.3 Å². The molecule has 0 bridgehead atoms. The van der Waals surface area contributed by atoms with E-state index < -0.39 is 10.0 Å². The average molecular weight is 380 g/mol. The Morgan fingerprint density at radius 2 is 1.33 bits per heavy atom. The van der Waals surface area contributed by atoms with Crippen LogP contribution in [0.25, 0.3) is 0 Å². The summed E-state index contributed by atoms with van der Waals surface area (Å²) in [6.45, 7) is 8.23. The van der Waals surface area contributed by atoms with Crippen molar-refractivity contribution in [1.29, 1.82) is 0 Å². The maximum Gasteiger partial charge on any atom is 0.264 e. The van der Waals surface area contributed by atoms with Crippen LogP contribution in [0.1, 0.15) is 27.8 Å². The lowest BCUT2D eigenvalue weighted by atomic mass is 10.1. The number of sulfonamides is 1. The minimum absolute atomic E-state index is 0.292. The topological polar surface area (TPSA) is 37.4 Å². The third kappa shape index (κ3) is 4.40. The quantitative estimate of drug-likeness (QED) is 0.602. The Balaban J connectivity index is 2.12. The molecule has 0 heterocycles. The largest absolute Gasteiger partial charge is 0.264 e. The van der Waals surface area contributed by atoms with Gasteiger partial charge in [0.05, 0.1) is 17.1 Å². The van der Waals surface area contributed by atoms with Crippen molar-refractivity contribution in [3.63, 3.8) is 0 Å². The van der Waals surface area contributed by atoms with Crippen LogP contribution >= 0.6 is 0 Å². The fraction of sp³-hybridized carbons (Fsp3) is 0.217. The number of anilines is 1. The summed E-state index contributed by atoms with van der Waals surface area (Å²) >= 11 is 0. The lowest BCUT2D eigenvalue weighted by Gasteiger charge is -2.26. The van der Waals surface area contributed by atoms with Crippen LogP contribution in [0.4, 0.5) is 5.69 Å². The second-order valence-corrected chi connectivity index (χ2v) is 9.02. The molecule has 0 spiro atoms. The van der Waals surface area contributed by atoms with Gasteiger partial charge in [0.2, 0.25) is 0 Å². The van der Waals surface area contributed by atoms with Crippen LogP contribution in [0, 0.1) is 27.7 Å². The Morgan fingerprint density at radius 3 is 1.93 bits per heavy atom. The summed E-state index contributed by atoms with van der Waals surface area (Å²) < 4.78 is 28.5. The van der Waals surface area contributed by atoms with Gasteiger partial charge in [-0.15, -0.1) is 0 Å². The number of aryl methyl sites for hydroxylation is 4. The molecule has 0 aliphatic carbocycles. The van der Waals surface area contributed by atoms with Gasteiger partial charge < -0.3 is 0 Å². The molecule has 3 nitrogen and oxygen atoms in total. The third-order valence-electron chi connectivity index (χ3n) is 4.51. The van der Waals surface area contributed by atoms with Gasteiger partial charge in [0.15, 0.2) is 0 Å². The van der Waals surface area contributed by atoms with Gasteiger partial charge in [0.1, 0.15) is 0 Å². The molecular formula is C23H25NO2S. The van der Waals surface area contributed by atoms with Crippen LogP contribution < -0.4 is 4.31 Å². The SMILES string of the molecule is Cc1ccc(S(=O)(=O)N(Cc2cccc(C)c2)c2cc(C)cc(C)c2)cc1. The molecule has 3 rings (SSSR count). The van der Waals surface area contributed by atoms with E-state index in [2.05, 4.69) is 0 Å². The van der Waals surface area contributed by atoms with E-state index in [1.165, 1.54) is 4.31 Å². The first kappa shape index (κ1) is 19.2. The monoisotopic (exact) mass is 379 g/mol. The lowest BCUT2D eigenvalue weighted by Crippen LogP contribution is -2.30. The zero-order valence-corrected chi connectivity index (χ0v) is 17.0. The Kier molecular flexibility index (Phi) is 5.38. The summed E-state index contributed by atoms with van der Waals surface area (Å²) in [5.74, 6) is 0. The maximum atomic E-state index is 13.5. The molecule has 4 heteroatoms. The Morgan fingerprint density at radius 1 is 0.704 bits per heavy atom. The first-order chi connectivity index (χ1) is 12.8. The number of hydrogen-bond acceptors (Lipinski definition) is 2. The van der Waals surface area contributed by atoms with Gasteiger partial charge in [-0.05, 0) is 68.7 Å². The predicted molar refractivity (Wildman–Crippen MR) is 112 cm³/mol. The van der Waals surface area contributed by atoms with Crippen LogP contribution in [-0.4, -0.2) is 8.42 Å². The molecular weight excluding hydrogens is 354 g/mol. The van der Waals surface area contributed by atoms with Crippen LogP contribution in [0.5, 0.6) is 0 Å². The van der Waals surface area contributed by atoms with Crippen molar-refractivity contribution in [3.8, 4) is 0 Å². The summed E-state index contributed by atoms with van der Waals surface area (Å²) in [4.78, 5) is 0.305. The molecule has 0 saturated carbocycles. The van der Waals surface area contributed by atoms with Gasteiger partial charge in [-0.3, -0.25) is 4.31 Å². The average Bonchev–Trinajstić information content (AvgIpc) is 2.59. The zero-order chi connectivity index (χ0) is 19.6. The maximum absolute atomic E-state index is 13.5. The molecule has 3 aromatic rings. The molecule has 0 aromatic heterocycles. The summed E-state index contributed by atoms with van der Waals surface area (Å²) in [5, 5.41) is 0. The van der Waals surface area contributed by atoms with E-state index in [4.69, 9.17) is 0 Å². The van der Waals surface area contributed by atoms with Crippen molar-refractivity contribution in [1.82, 2.24) is 0 Å². The van der Waals surface area contributed by atoms with Crippen LogP contribution in [-0.2, 0) is 16.6 Å². The molecule has 3 aromatic carbocycles. The highest BCUT2D eigenvalue weighted by Crippen LogP contribution is 2.28. The Labute approximate surface area is 162 Å². The summed E-state index contributed by atoms with van der Waals surface area (Å²) in [6.07, 6.45) is 0. The predicted octanol–water partition coefficient (Wildman–Crippen LogP) is 5.32. The lowest BCUT2D eigenvalue weighted by molar-refractivity contribution is 0.590. The van der Waals surface area contributed by atoms with Crippen molar-refractivity contribution in [3.05, 3.63) is 94.5 Å². The molecule has 0 amide bonds. The van der Waals surface area contributed by atoms with Gasteiger partial charge in [-0.25, -0.2) is 8.42 Å². The number of benzene rings is 3. The highest BCUT2D eigenvalue weighted by Gasteiger charge is 2.25. The Bertz CT molecular complexity index is 1030. The number of nitrogens with zero attached hydrogens (tertiary/aromatic N) is 1. The summed E-state index contributed by atoms with van der Waals surface area (Å²) in [5.41, 5.74) is 5.88. The molecule has 0 N–H and O–H groups in total. The van der Waals surface area contributed by atoms with Crippen molar-refractivity contribution in [2.24, 2.45) is 0 Å². The highest BCUT2D eigenvalue weighted by molar-refractivity contribution is 7.92. The van der Waals surface area contributed by atoms with Crippen molar-refractivity contribution in [2.75, 3.05) is 4.31 Å². The molecule has 0 radical (unpaired) electrons. The molecule has 0 fully saturated rings. The molecule has 0 unspecified atom stereocenters. The van der Waals surface area contributed by atoms with Gasteiger partial charge in [0.25, 0.3) is 10.0 Å². The minimum Gasteiger partial charge on any atom is -0.262 e. The fourth-order valence-corrected chi connectivity index (χ4v) is 4.66. The van der Waals surface area contributed by atoms with E-state index >= 15 is 0 Å². The first-order valence-electron chi connectivity index (χ1n) is 8.99. The molecule has 27 heavy (non-hydrogen) atoms. The van der Waals surface area contributed by atoms with E-state index in [0.29, 0.717) is 17.1 Å². The summed E-state index contributed by atoms with van der Waals surface area (Å²) in [7, 11) is -3.68. The number of rotatable bonds is 5. The van der Waals surface area contributed by atoms with Gasteiger partial charge >= 0.3 is 0 Å². The molecule has 0 atom stereocenters. The molecule has 0 saturated heterocycles. The normalized spacial score (nSPS) is 11.4. The van der Waals surface area contributed by atoms with Gasteiger partial charge in [-0.1, -0.05) is 53.6 Å².